The zero-order valence-electron chi connectivity index (χ0n) is 24.9. The van der Waals surface area contributed by atoms with E-state index in [4.69, 9.17) is 14.2 Å². The second kappa shape index (κ2) is 19.1. The summed E-state index contributed by atoms with van der Waals surface area (Å²) in [6.45, 7) is 10.8. The lowest BCUT2D eigenvalue weighted by atomic mass is 10.00. The molecule has 0 spiro atoms. The molecular weight excluding hydrogens is 480 g/mol. The van der Waals surface area contributed by atoms with E-state index in [1.54, 1.807) is 0 Å². The van der Waals surface area contributed by atoms with E-state index in [-0.39, 0.29) is 6.29 Å². The number of rotatable bonds is 20. The largest absolute Gasteiger partial charge is 0.494 e. The molecule has 1 fully saturated rings. The predicted molar refractivity (Wildman–Crippen MR) is 165 cm³/mol. The van der Waals surface area contributed by atoms with Gasteiger partial charge in [-0.3, -0.25) is 0 Å². The molecule has 1 heterocycles. The van der Waals surface area contributed by atoms with Crippen LogP contribution in [0.2, 0.25) is 0 Å². The lowest BCUT2D eigenvalue weighted by molar-refractivity contribution is -0.206. The van der Waals surface area contributed by atoms with Gasteiger partial charge >= 0.3 is 0 Å². The summed E-state index contributed by atoms with van der Waals surface area (Å²) in [5.41, 5.74) is 3.50. The van der Waals surface area contributed by atoms with Crippen molar-refractivity contribution in [2.75, 3.05) is 19.8 Å². The number of hydrogen-bond donors (Lipinski definition) is 0. The first-order chi connectivity index (χ1) is 19.2. The Bertz CT molecular complexity index is 881. The summed E-state index contributed by atoms with van der Waals surface area (Å²) in [5.74, 6) is 2.33. The fourth-order valence-corrected chi connectivity index (χ4v) is 5.25. The molecule has 0 bridgehead atoms. The van der Waals surface area contributed by atoms with Crippen LogP contribution in [-0.2, 0) is 9.47 Å². The molecule has 39 heavy (non-hydrogen) atoms. The summed E-state index contributed by atoms with van der Waals surface area (Å²) >= 11 is 0. The molecule has 2 aromatic carbocycles. The van der Waals surface area contributed by atoms with Gasteiger partial charge in [-0.2, -0.15) is 0 Å². The fraction of sp³-hybridized carbons (Fsp3) is 0.611. The molecule has 0 unspecified atom stereocenters. The molecule has 3 rings (SSSR count). The van der Waals surface area contributed by atoms with Gasteiger partial charge in [0.1, 0.15) is 5.75 Å². The molecule has 3 nitrogen and oxygen atoms in total. The number of hydrogen-bond acceptors (Lipinski definition) is 3. The Morgan fingerprint density at radius 3 is 2.03 bits per heavy atom. The van der Waals surface area contributed by atoms with Gasteiger partial charge in [-0.25, -0.2) is 0 Å². The van der Waals surface area contributed by atoms with E-state index in [9.17, 15) is 0 Å². The molecule has 216 valence electrons. The second-order valence-electron chi connectivity index (χ2n) is 11.6. The summed E-state index contributed by atoms with van der Waals surface area (Å²) in [7, 11) is 0. The quantitative estimate of drug-likeness (QED) is 0.125. The van der Waals surface area contributed by atoms with Crippen LogP contribution < -0.4 is 4.74 Å². The third-order valence-corrected chi connectivity index (χ3v) is 8.16. The molecule has 1 aliphatic heterocycles. The van der Waals surface area contributed by atoms with Gasteiger partial charge in [-0.05, 0) is 54.9 Å². The average molecular weight is 535 g/mol. The Labute approximate surface area is 239 Å². The van der Waals surface area contributed by atoms with E-state index in [0.717, 1.165) is 49.9 Å². The molecule has 1 atom stereocenters. The summed E-state index contributed by atoms with van der Waals surface area (Å²) in [6.07, 6.45) is 19.8. The summed E-state index contributed by atoms with van der Waals surface area (Å²) < 4.78 is 18.2. The van der Waals surface area contributed by atoms with E-state index in [0.29, 0.717) is 5.92 Å². The van der Waals surface area contributed by atoms with Crippen molar-refractivity contribution in [3.05, 3.63) is 66.7 Å². The lowest BCUT2D eigenvalue weighted by Gasteiger charge is -2.29. The highest BCUT2D eigenvalue weighted by Crippen LogP contribution is 2.30. The third kappa shape index (κ3) is 12.3. The highest BCUT2D eigenvalue weighted by Gasteiger charge is 2.23. The van der Waals surface area contributed by atoms with Crippen LogP contribution in [0.5, 0.6) is 5.75 Å². The SMILES string of the molecule is C=CCCCCCCCCCC1COC(c2ccc(-c3ccc(OCCCCC[C@@H](C)CC)cc3)cc2)OC1. The van der Waals surface area contributed by atoms with Crippen LogP contribution in [0.25, 0.3) is 11.1 Å². The topological polar surface area (TPSA) is 27.7 Å². The predicted octanol–water partition coefficient (Wildman–Crippen LogP) is 10.7. The lowest BCUT2D eigenvalue weighted by Crippen LogP contribution is -2.27. The maximum atomic E-state index is 6.10. The number of ether oxygens (including phenoxy) is 3. The van der Waals surface area contributed by atoms with Crippen LogP contribution in [-0.4, -0.2) is 19.8 Å². The molecule has 2 aromatic rings. The fourth-order valence-electron chi connectivity index (χ4n) is 5.25. The third-order valence-electron chi connectivity index (χ3n) is 8.16. The van der Waals surface area contributed by atoms with Crippen molar-refractivity contribution in [1.82, 2.24) is 0 Å². The zero-order chi connectivity index (χ0) is 27.5. The van der Waals surface area contributed by atoms with Crippen LogP contribution in [0.15, 0.2) is 61.2 Å². The van der Waals surface area contributed by atoms with Crippen molar-refractivity contribution >= 4 is 0 Å². The Morgan fingerprint density at radius 1 is 0.795 bits per heavy atom. The first-order valence-corrected chi connectivity index (χ1v) is 15.9. The minimum absolute atomic E-state index is 0.244. The van der Waals surface area contributed by atoms with Gasteiger partial charge in [0.25, 0.3) is 0 Å². The van der Waals surface area contributed by atoms with E-state index >= 15 is 0 Å². The number of allylic oxidation sites excluding steroid dienone is 1. The Kier molecular flexibility index (Phi) is 15.4. The molecule has 0 aliphatic carbocycles. The van der Waals surface area contributed by atoms with Gasteiger partial charge in [0.05, 0.1) is 19.8 Å². The van der Waals surface area contributed by atoms with Gasteiger partial charge in [0.2, 0.25) is 0 Å². The van der Waals surface area contributed by atoms with E-state index in [1.807, 2.05) is 6.08 Å². The normalized spacial score (nSPS) is 18.1. The first-order valence-electron chi connectivity index (χ1n) is 15.9. The summed E-state index contributed by atoms with van der Waals surface area (Å²) in [6, 6.07) is 17.1. The van der Waals surface area contributed by atoms with E-state index in [1.165, 1.54) is 88.2 Å². The molecule has 0 N–H and O–H groups in total. The van der Waals surface area contributed by atoms with E-state index in [2.05, 4.69) is 69.0 Å². The monoisotopic (exact) mass is 534 g/mol. The number of unbranched alkanes of at least 4 members (excludes halogenated alkanes) is 9. The second-order valence-corrected chi connectivity index (χ2v) is 11.6. The van der Waals surface area contributed by atoms with Crippen molar-refractivity contribution in [3.8, 4) is 16.9 Å². The van der Waals surface area contributed by atoms with Gasteiger partial charge in [-0.15, -0.1) is 6.58 Å². The maximum Gasteiger partial charge on any atom is 0.183 e. The first kappa shape index (κ1) is 31.4. The Morgan fingerprint density at radius 2 is 1.38 bits per heavy atom. The Balaban J connectivity index is 1.29. The molecule has 1 saturated heterocycles. The smallest absolute Gasteiger partial charge is 0.183 e. The van der Waals surface area contributed by atoms with Gasteiger partial charge in [0, 0.05) is 11.5 Å². The van der Waals surface area contributed by atoms with Crippen LogP contribution in [0.4, 0.5) is 0 Å². The molecular formula is C36H54O3. The molecule has 0 aromatic heterocycles. The van der Waals surface area contributed by atoms with Crippen molar-refractivity contribution in [2.24, 2.45) is 11.8 Å². The Hall–Kier alpha value is -2.10. The van der Waals surface area contributed by atoms with Crippen molar-refractivity contribution < 1.29 is 14.2 Å². The minimum Gasteiger partial charge on any atom is -0.494 e. The summed E-state index contributed by atoms with van der Waals surface area (Å²) in [5, 5.41) is 0. The minimum atomic E-state index is -0.244. The molecule has 0 amide bonds. The van der Waals surface area contributed by atoms with Crippen LogP contribution >= 0.6 is 0 Å². The molecule has 3 heteroatoms. The van der Waals surface area contributed by atoms with Gasteiger partial charge < -0.3 is 14.2 Å². The highest BCUT2D eigenvalue weighted by atomic mass is 16.7. The highest BCUT2D eigenvalue weighted by molar-refractivity contribution is 5.64. The van der Waals surface area contributed by atoms with Gasteiger partial charge in [0.15, 0.2) is 6.29 Å². The maximum absolute atomic E-state index is 6.10. The zero-order valence-corrected chi connectivity index (χ0v) is 24.9. The number of benzene rings is 2. The van der Waals surface area contributed by atoms with Crippen molar-refractivity contribution in [1.29, 1.82) is 0 Å². The van der Waals surface area contributed by atoms with Crippen LogP contribution in [0.3, 0.4) is 0 Å². The molecule has 0 saturated carbocycles. The standard InChI is InChI=1S/C36H54O3/c1-4-6-7-8-9-10-11-12-15-18-31-28-38-36(39-29-31)34-21-19-32(20-22-34)33-23-25-35(26-24-33)37-27-16-13-14-17-30(3)5-2/h4,19-26,30-31,36H,1,5-18,27-29H2,2-3H3/t30-,31?,36?/m0/s1. The van der Waals surface area contributed by atoms with Gasteiger partial charge in [-0.1, -0.05) is 121 Å². The molecule has 0 radical (unpaired) electrons. The summed E-state index contributed by atoms with van der Waals surface area (Å²) in [4.78, 5) is 0. The van der Waals surface area contributed by atoms with Crippen LogP contribution in [0.1, 0.15) is 116 Å². The molecule has 1 aliphatic rings. The average Bonchev–Trinajstić information content (AvgIpc) is 2.98. The van der Waals surface area contributed by atoms with Crippen molar-refractivity contribution in [3.63, 3.8) is 0 Å². The van der Waals surface area contributed by atoms with Crippen LogP contribution in [0, 0.1) is 11.8 Å². The van der Waals surface area contributed by atoms with E-state index < -0.39 is 0 Å². The van der Waals surface area contributed by atoms with Crippen molar-refractivity contribution in [2.45, 2.75) is 110 Å².